The molecule has 1 atom stereocenters. The van der Waals surface area contributed by atoms with Gasteiger partial charge in [-0.3, -0.25) is 9.59 Å². The van der Waals surface area contributed by atoms with Crippen molar-refractivity contribution < 1.29 is 23.8 Å². The van der Waals surface area contributed by atoms with Gasteiger partial charge in [-0.25, -0.2) is 0 Å². The Morgan fingerprint density at radius 3 is 2.18 bits per heavy atom. The number of piperazine rings is 1. The van der Waals surface area contributed by atoms with Gasteiger partial charge in [0.25, 0.3) is 5.91 Å². The standard InChI is InChI=1S/C34H37N5O5/c1-24(25-9-6-5-7-10-25)39(34(41)26-11-8-12-27(21-26)42-2)23-33(40)38-19-17-37(18-20-38)32-16-15-30(35-36-32)29-14-13-28(43-3)22-31(29)44-4/h5-16,21-22,24H,17-20,23H2,1-4H3/t24-/m0/s1. The van der Waals surface area contributed by atoms with Crippen molar-refractivity contribution >= 4 is 17.6 Å². The summed E-state index contributed by atoms with van der Waals surface area (Å²) in [5.41, 5.74) is 2.94. The van der Waals surface area contributed by atoms with E-state index in [1.807, 2.05) is 72.5 Å². The molecule has 3 aromatic carbocycles. The average molecular weight is 596 g/mol. The van der Waals surface area contributed by atoms with Crippen LogP contribution in [0.5, 0.6) is 17.2 Å². The fourth-order valence-electron chi connectivity index (χ4n) is 5.30. The number of anilines is 1. The van der Waals surface area contributed by atoms with Gasteiger partial charge in [-0.05, 0) is 55.0 Å². The van der Waals surface area contributed by atoms with Gasteiger partial charge < -0.3 is 28.9 Å². The van der Waals surface area contributed by atoms with E-state index in [0.29, 0.717) is 54.7 Å². The third-order valence-electron chi connectivity index (χ3n) is 7.92. The fourth-order valence-corrected chi connectivity index (χ4v) is 5.30. The van der Waals surface area contributed by atoms with Crippen LogP contribution in [0.15, 0.2) is 84.9 Å². The molecule has 44 heavy (non-hydrogen) atoms. The summed E-state index contributed by atoms with van der Waals surface area (Å²) in [4.78, 5) is 32.9. The van der Waals surface area contributed by atoms with E-state index in [1.165, 1.54) is 0 Å². The summed E-state index contributed by atoms with van der Waals surface area (Å²) in [5, 5.41) is 8.91. The SMILES string of the molecule is COc1cccc(C(=O)N(CC(=O)N2CCN(c3ccc(-c4ccc(OC)cc4OC)nn3)CC2)[C@@H](C)c2ccccc2)c1. The number of carbonyl (C=O) groups excluding carboxylic acids is 2. The van der Waals surface area contributed by atoms with E-state index in [0.717, 1.165) is 16.9 Å². The molecule has 1 aromatic heterocycles. The molecule has 2 amide bonds. The third-order valence-corrected chi connectivity index (χ3v) is 7.92. The van der Waals surface area contributed by atoms with Crippen molar-refractivity contribution in [3.05, 3.63) is 96.1 Å². The van der Waals surface area contributed by atoms with Crippen molar-refractivity contribution in [2.45, 2.75) is 13.0 Å². The van der Waals surface area contributed by atoms with Gasteiger partial charge in [0.15, 0.2) is 5.82 Å². The van der Waals surface area contributed by atoms with Crippen molar-refractivity contribution in [2.24, 2.45) is 0 Å². The minimum Gasteiger partial charge on any atom is -0.497 e. The minimum absolute atomic E-state index is 0.0374. The second-order valence-corrected chi connectivity index (χ2v) is 10.5. The third kappa shape index (κ3) is 6.75. The normalized spacial score (nSPS) is 13.6. The van der Waals surface area contributed by atoms with Gasteiger partial charge >= 0.3 is 0 Å². The Morgan fingerprint density at radius 1 is 0.795 bits per heavy atom. The van der Waals surface area contributed by atoms with Gasteiger partial charge in [0.2, 0.25) is 5.91 Å². The number of methoxy groups -OCH3 is 3. The number of carbonyl (C=O) groups is 2. The van der Waals surface area contributed by atoms with Crippen LogP contribution >= 0.6 is 0 Å². The number of rotatable bonds is 10. The monoisotopic (exact) mass is 595 g/mol. The molecule has 5 rings (SSSR count). The first-order valence-electron chi connectivity index (χ1n) is 14.5. The van der Waals surface area contributed by atoms with Crippen LogP contribution in [0.1, 0.15) is 28.9 Å². The Hall–Kier alpha value is -5.12. The van der Waals surface area contributed by atoms with E-state index in [2.05, 4.69) is 15.1 Å². The largest absolute Gasteiger partial charge is 0.497 e. The second-order valence-electron chi connectivity index (χ2n) is 10.5. The summed E-state index contributed by atoms with van der Waals surface area (Å²) < 4.78 is 16.1. The molecule has 1 aliphatic rings. The molecular weight excluding hydrogens is 558 g/mol. The summed E-state index contributed by atoms with van der Waals surface area (Å²) in [6.45, 7) is 4.13. The molecule has 0 saturated carbocycles. The number of amides is 2. The molecule has 0 unspecified atom stereocenters. The van der Waals surface area contributed by atoms with Crippen LogP contribution in [0.25, 0.3) is 11.3 Å². The number of benzene rings is 3. The van der Waals surface area contributed by atoms with Gasteiger partial charge in [0.1, 0.15) is 23.8 Å². The van der Waals surface area contributed by atoms with E-state index in [-0.39, 0.29) is 24.4 Å². The van der Waals surface area contributed by atoms with Crippen molar-refractivity contribution in [2.75, 3.05) is 59.0 Å². The molecule has 0 aliphatic carbocycles. The fraction of sp³-hybridized carbons (Fsp3) is 0.294. The summed E-state index contributed by atoms with van der Waals surface area (Å²) >= 11 is 0. The summed E-state index contributed by atoms with van der Waals surface area (Å²) in [5.74, 6) is 2.35. The van der Waals surface area contributed by atoms with Crippen LogP contribution < -0.4 is 19.1 Å². The zero-order chi connectivity index (χ0) is 31.1. The molecule has 0 N–H and O–H groups in total. The zero-order valence-electron chi connectivity index (χ0n) is 25.5. The smallest absolute Gasteiger partial charge is 0.254 e. The molecular formula is C34H37N5O5. The predicted octanol–water partition coefficient (Wildman–Crippen LogP) is 4.72. The maximum absolute atomic E-state index is 13.7. The summed E-state index contributed by atoms with van der Waals surface area (Å²) in [6.07, 6.45) is 0. The minimum atomic E-state index is -0.307. The number of nitrogens with zero attached hydrogens (tertiary/aromatic N) is 5. The van der Waals surface area contributed by atoms with Crippen molar-refractivity contribution in [3.63, 3.8) is 0 Å². The maximum atomic E-state index is 13.7. The molecule has 1 saturated heterocycles. The van der Waals surface area contributed by atoms with Gasteiger partial charge in [0.05, 0.1) is 33.1 Å². The average Bonchev–Trinajstić information content (AvgIpc) is 3.10. The van der Waals surface area contributed by atoms with Crippen molar-refractivity contribution in [1.29, 1.82) is 0 Å². The first-order chi connectivity index (χ1) is 21.4. The van der Waals surface area contributed by atoms with Crippen LogP contribution in [-0.2, 0) is 4.79 Å². The van der Waals surface area contributed by atoms with Crippen LogP contribution in [0.2, 0.25) is 0 Å². The van der Waals surface area contributed by atoms with E-state index in [1.54, 1.807) is 50.5 Å². The highest BCUT2D eigenvalue weighted by molar-refractivity contribution is 5.97. The topological polar surface area (TPSA) is 97.3 Å². The Balaban J connectivity index is 1.25. The summed E-state index contributed by atoms with van der Waals surface area (Å²) in [6, 6.07) is 25.9. The van der Waals surface area contributed by atoms with Crippen LogP contribution in [0.3, 0.4) is 0 Å². The number of aromatic nitrogens is 2. The van der Waals surface area contributed by atoms with Gasteiger partial charge in [-0.2, -0.15) is 0 Å². The highest BCUT2D eigenvalue weighted by Crippen LogP contribution is 2.32. The van der Waals surface area contributed by atoms with Gasteiger partial charge in [-0.15, -0.1) is 10.2 Å². The summed E-state index contributed by atoms with van der Waals surface area (Å²) in [7, 11) is 4.78. The first-order valence-corrected chi connectivity index (χ1v) is 14.5. The molecule has 1 fully saturated rings. The van der Waals surface area contributed by atoms with E-state index >= 15 is 0 Å². The number of ether oxygens (including phenoxy) is 3. The lowest BCUT2D eigenvalue weighted by Gasteiger charge is -2.37. The lowest BCUT2D eigenvalue weighted by atomic mass is 10.1. The van der Waals surface area contributed by atoms with E-state index in [4.69, 9.17) is 14.2 Å². The van der Waals surface area contributed by atoms with Gasteiger partial charge in [-0.1, -0.05) is 36.4 Å². The van der Waals surface area contributed by atoms with Crippen LogP contribution in [0, 0.1) is 0 Å². The second kappa shape index (κ2) is 13.9. The molecule has 2 heterocycles. The molecule has 0 spiro atoms. The Morgan fingerprint density at radius 2 is 1.52 bits per heavy atom. The number of hydrogen-bond acceptors (Lipinski definition) is 8. The lowest BCUT2D eigenvalue weighted by Crippen LogP contribution is -2.52. The van der Waals surface area contributed by atoms with E-state index < -0.39 is 0 Å². The van der Waals surface area contributed by atoms with Crippen LogP contribution in [0.4, 0.5) is 5.82 Å². The Labute approximate surface area is 257 Å². The van der Waals surface area contributed by atoms with E-state index in [9.17, 15) is 9.59 Å². The Bertz CT molecular complexity index is 1570. The molecule has 10 nitrogen and oxygen atoms in total. The lowest BCUT2D eigenvalue weighted by molar-refractivity contribution is -0.132. The zero-order valence-corrected chi connectivity index (χ0v) is 25.5. The molecule has 228 valence electrons. The first kappa shape index (κ1) is 30.3. The molecule has 4 aromatic rings. The Kier molecular flexibility index (Phi) is 9.59. The van der Waals surface area contributed by atoms with Crippen LogP contribution in [-0.4, -0.2) is 85.9 Å². The molecule has 0 radical (unpaired) electrons. The van der Waals surface area contributed by atoms with Gasteiger partial charge in [0, 0.05) is 43.4 Å². The quantitative estimate of drug-likeness (QED) is 0.260. The molecule has 0 bridgehead atoms. The molecule has 1 aliphatic heterocycles. The number of hydrogen-bond donors (Lipinski definition) is 0. The highest BCUT2D eigenvalue weighted by atomic mass is 16.5. The van der Waals surface area contributed by atoms with Crippen molar-refractivity contribution in [1.82, 2.24) is 20.0 Å². The maximum Gasteiger partial charge on any atom is 0.254 e. The van der Waals surface area contributed by atoms with Crippen molar-refractivity contribution in [3.8, 4) is 28.5 Å². The predicted molar refractivity (Wildman–Crippen MR) is 168 cm³/mol. The highest BCUT2D eigenvalue weighted by Gasteiger charge is 2.29. The molecule has 10 heteroatoms.